The number of nitrogens with zero attached hydrogens (tertiary/aromatic N) is 1. The molecule has 0 saturated carbocycles. The molecule has 0 radical (unpaired) electrons. The molecule has 1 heterocycles. The highest BCUT2D eigenvalue weighted by atomic mass is 79.9. The van der Waals surface area contributed by atoms with Gasteiger partial charge in [-0.1, -0.05) is 34.1 Å². The summed E-state index contributed by atoms with van der Waals surface area (Å²) in [5.41, 5.74) is 0.719. The molecule has 0 aliphatic carbocycles. The van der Waals surface area contributed by atoms with E-state index in [1.54, 1.807) is 62.4 Å². The summed E-state index contributed by atoms with van der Waals surface area (Å²) < 4.78 is 28.1. The average molecular weight is 475 g/mol. The maximum absolute atomic E-state index is 13.1. The molecule has 0 unspecified atom stereocenters. The van der Waals surface area contributed by atoms with Crippen LogP contribution in [0.25, 0.3) is 0 Å². The van der Waals surface area contributed by atoms with Crippen molar-refractivity contribution in [1.82, 2.24) is 4.57 Å². The number of nitrogens with one attached hydrogen (secondary N) is 1. The van der Waals surface area contributed by atoms with Crippen molar-refractivity contribution in [2.45, 2.75) is 30.2 Å². The number of pyridine rings is 1. The van der Waals surface area contributed by atoms with E-state index in [0.29, 0.717) is 16.9 Å². The summed E-state index contributed by atoms with van der Waals surface area (Å²) in [6.45, 7) is 2.95. The van der Waals surface area contributed by atoms with Gasteiger partial charge in [-0.15, -0.1) is 0 Å². The Kier molecular flexibility index (Phi) is 6.04. The molecule has 0 fully saturated rings. The number of rotatable bonds is 5. The van der Waals surface area contributed by atoms with Gasteiger partial charge in [-0.3, -0.25) is 9.59 Å². The quantitative estimate of drug-likeness (QED) is 0.610. The van der Waals surface area contributed by atoms with E-state index in [9.17, 15) is 18.0 Å². The minimum absolute atomic E-state index is 0.0370. The van der Waals surface area contributed by atoms with Crippen LogP contribution < -0.4 is 10.9 Å². The fraction of sp³-hybridized carbons (Fsp3) is 0.143. The fourth-order valence-corrected chi connectivity index (χ4v) is 4.86. The lowest BCUT2D eigenvalue weighted by Crippen LogP contribution is -2.33. The summed E-state index contributed by atoms with van der Waals surface area (Å²) in [6.07, 6.45) is 0. The first-order valence-electron chi connectivity index (χ1n) is 8.77. The lowest BCUT2D eigenvalue weighted by Gasteiger charge is -2.15. The first-order valence-corrected chi connectivity index (χ1v) is 11.0. The summed E-state index contributed by atoms with van der Waals surface area (Å²) in [6, 6.07) is 16.4. The van der Waals surface area contributed by atoms with E-state index in [-0.39, 0.29) is 16.3 Å². The molecule has 0 spiro atoms. The Labute approximate surface area is 177 Å². The minimum Gasteiger partial charge on any atom is -0.325 e. The minimum atomic E-state index is -4.01. The van der Waals surface area contributed by atoms with Crippen molar-refractivity contribution in [1.29, 1.82) is 0 Å². The number of hydrogen-bond acceptors (Lipinski definition) is 4. The Morgan fingerprint density at radius 2 is 1.66 bits per heavy atom. The average Bonchev–Trinajstić information content (AvgIpc) is 2.67. The molecule has 0 bridgehead atoms. The van der Waals surface area contributed by atoms with Gasteiger partial charge in [0, 0.05) is 15.9 Å². The number of amides is 1. The van der Waals surface area contributed by atoms with Gasteiger partial charge in [0.25, 0.3) is 5.56 Å². The maximum atomic E-state index is 13.1. The van der Waals surface area contributed by atoms with Crippen molar-refractivity contribution in [2.75, 3.05) is 5.32 Å². The SMILES string of the molecule is Cc1cc(C)n(CC(=O)Nc2ccc(Br)cc2)c(=O)c1S(=O)(=O)c1ccccc1. The van der Waals surface area contributed by atoms with Crippen molar-refractivity contribution in [2.24, 2.45) is 0 Å². The van der Waals surface area contributed by atoms with E-state index in [4.69, 9.17) is 0 Å². The van der Waals surface area contributed by atoms with Gasteiger partial charge in [0.05, 0.1) is 4.90 Å². The zero-order valence-electron chi connectivity index (χ0n) is 15.8. The van der Waals surface area contributed by atoms with E-state index in [1.807, 2.05) is 0 Å². The Balaban J connectivity index is 1.98. The first kappa shape index (κ1) is 21.0. The topological polar surface area (TPSA) is 85.2 Å². The van der Waals surface area contributed by atoms with Crippen molar-refractivity contribution >= 4 is 37.4 Å². The highest BCUT2D eigenvalue weighted by Gasteiger charge is 2.26. The summed E-state index contributed by atoms with van der Waals surface area (Å²) in [5.74, 6) is -0.426. The zero-order chi connectivity index (χ0) is 21.2. The van der Waals surface area contributed by atoms with Gasteiger partial charge in [0.15, 0.2) is 0 Å². The van der Waals surface area contributed by atoms with Gasteiger partial charge < -0.3 is 9.88 Å². The number of sulfone groups is 1. The molecule has 1 aromatic heterocycles. The van der Waals surface area contributed by atoms with Crippen molar-refractivity contribution in [3.05, 3.63) is 86.7 Å². The molecule has 150 valence electrons. The summed E-state index contributed by atoms with van der Waals surface area (Å²) in [5, 5.41) is 2.71. The second-order valence-corrected chi connectivity index (χ2v) is 9.36. The number of carbonyl (C=O) groups excluding carboxylic acids is 1. The Morgan fingerprint density at radius 1 is 1.03 bits per heavy atom. The summed E-state index contributed by atoms with van der Waals surface area (Å²) in [4.78, 5) is 25.2. The molecular weight excluding hydrogens is 456 g/mol. The Morgan fingerprint density at radius 3 is 2.28 bits per heavy atom. The molecule has 2 aromatic carbocycles. The van der Waals surface area contributed by atoms with Crippen LogP contribution >= 0.6 is 15.9 Å². The number of anilines is 1. The van der Waals surface area contributed by atoms with Crippen LogP contribution in [0.5, 0.6) is 0 Å². The molecule has 0 aliphatic rings. The van der Waals surface area contributed by atoms with Crippen LogP contribution in [0.1, 0.15) is 11.3 Å². The van der Waals surface area contributed by atoms with Crippen molar-refractivity contribution in [3.63, 3.8) is 0 Å². The predicted molar refractivity (Wildman–Crippen MR) is 115 cm³/mol. The molecule has 0 aliphatic heterocycles. The van der Waals surface area contributed by atoms with Crippen LogP contribution in [0.15, 0.2) is 79.7 Å². The summed E-state index contributed by atoms with van der Waals surface area (Å²) >= 11 is 3.32. The maximum Gasteiger partial charge on any atom is 0.270 e. The van der Waals surface area contributed by atoms with Crippen LogP contribution in [0.3, 0.4) is 0 Å². The number of benzene rings is 2. The standard InChI is InChI=1S/C21H19BrN2O4S/c1-14-12-15(2)24(13-19(25)23-17-10-8-16(22)9-11-17)21(26)20(14)29(27,28)18-6-4-3-5-7-18/h3-12H,13H2,1-2H3,(H,23,25). The van der Waals surface area contributed by atoms with E-state index in [1.165, 1.54) is 16.7 Å². The van der Waals surface area contributed by atoms with Gasteiger partial charge in [0.1, 0.15) is 11.4 Å². The smallest absolute Gasteiger partial charge is 0.270 e. The van der Waals surface area contributed by atoms with Crippen LogP contribution in [-0.4, -0.2) is 18.9 Å². The van der Waals surface area contributed by atoms with Gasteiger partial charge in [-0.05, 0) is 61.9 Å². The molecule has 3 aromatic rings. The third-order valence-corrected chi connectivity index (χ3v) is 6.86. The molecule has 1 amide bonds. The van der Waals surface area contributed by atoms with E-state index < -0.39 is 21.3 Å². The van der Waals surface area contributed by atoms with Gasteiger partial charge in [0.2, 0.25) is 15.7 Å². The second kappa shape index (κ2) is 8.34. The molecule has 0 saturated heterocycles. The summed E-state index contributed by atoms with van der Waals surface area (Å²) in [7, 11) is -4.01. The van der Waals surface area contributed by atoms with E-state index >= 15 is 0 Å². The van der Waals surface area contributed by atoms with Crippen molar-refractivity contribution < 1.29 is 13.2 Å². The van der Waals surface area contributed by atoms with Gasteiger partial charge >= 0.3 is 0 Å². The second-order valence-electron chi connectivity index (χ2n) is 6.56. The third-order valence-electron chi connectivity index (χ3n) is 4.40. The first-order chi connectivity index (χ1) is 13.7. The Hall–Kier alpha value is -2.71. The zero-order valence-corrected chi connectivity index (χ0v) is 18.2. The highest BCUT2D eigenvalue weighted by Crippen LogP contribution is 2.21. The Bertz CT molecular complexity index is 1220. The molecule has 1 N–H and O–H groups in total. The van der Waals surface area contributed by atoms with E-state index in [2.05, 4.69) is 21.2 Å². The molecule has 6 nitrogen and oxygen atoms in total. The number of aryl methyl sites for hydroxylation is 2. The number of carbonyl (C=O) groups is 1. The van der Waals surface area contributed by atoms with Crippen LogP contribution in [-0.2, 0) is 21.2 Å². The number of hydrogen-bond donors (Lipinski definition) is 1. The number of halogens is 1. The fourth-order valence-electron chi connectivity index (χ4n) is 3.03. The number of aromatic nitrogens is 1. The van der Waals surface area contributed by atoms with Gasteiger partial charge in [-0.2, -0.15) is 0 Å². The molecule has 3 rings (SSSR count). The van der Waals surface area contributed by atoms with Crippen LogP contribution in [0.2, 0.25) is 0 Å². The van der Waals surface area contributed by atoms with Crippen LogP contribution in [0, 0.1) is 13.8 Å². The third kappa shape index (κ3) is 4.49. The molecule has 8 heteroatoms. The van der Waals surface area contributed by atoms with Crippen molar-refractivity contribution in [3.8, 4) is 0 Å². The van der Waals surface area contributed by atoms with E-state index in [0.717, 1.165) is 4.47 Å². The molecule has 29 heavy (non-hydrogen) atoms. The largest absolute Gasteiger partial charge is 0.325 e. The monoisotopic (exact) mass is 474 g/mol. The van der Waals surface area contributed by atoms with Crippen LogP contribution in [0.4, 0.5) is 5.69 Å². The lowest BCUT2D eigenvalue weighted by molar-refractivity contribution is -0.116. The normalized spacial score (nSPS) is 11.3. The highest BCUT2D eigenvalue weighted by molar-refractivity contribution is 9.10. The molecule has 0 atom stereocenters. The lowest BCUT2D eigenvalue weighted by atomic mass is 10.2. The van der Waals surface area contributed by atoms with Gasteiger partial charge in [-0.25, -0.2) is 8.42 Å². The molecular formula is C21H19BrN2O4S. The predicted octanol–water partition coefficient (Wildman–Crippen LogP) is 3.70.